The van der Waals surface area contributed by atoms with Gasteiger partial charge in [-0.15, -0.1) is 0 Å². The van der Waals surface area contributed by atoms with Gasteiger partial charge in [0.2, 0.25) is 0 Å². The summed E-state index contributed by atoms with van der Waals surface area (Å²) < 4.78 is 5.59. The van der Waals surface area contributed by atoms with Gasteiger partial charge >= 0.3 is 0 Å². The van der Waals surface area contributed by atoms with Gasteiger partial charge in [0.25, 0.3) is 0 Å². The maximum Gasteiger partial charge on any atom is 0.122 e. The molecule has 2 unspecified atom stereocenters. The number of methoxy groups -OCH3 is 1. The third kappa shape index (κ3) is 2.69. The fourth-order valence-electron chi connectivity index (χ4n) is 3.35. The van der Waals surface area contributed by atoms with E-state index in [1.165, 1.54) is 36.0 Å². The molecule has 1 aromatic rings. The van der Waals surface area contributed by atoms with Crippen molar-refractivity contribution in [1.82, 2.24) is 5.32 Å². The number of nitrogens with one attached hydrogen (secondary N) is 1. The summed E-state index contributed by atoms with van der Waals surface area (Å²) in [6.45, 7) is 7.60. The summed E-state index contributed by atoms with van der Waals surface area (Å²) in [6, 6.07) is 5.13. The van der Waals surface area contributed by atoms with Crippen LogP contribution in [0.4, 0.5) is 0 Å². The van der Waals surface area contributed by atoms with Crippen molar-refractivity contribution in [3.05, 3.63) is 28.8 Å². The Bertz CT molecular complexity index is 414. The smallest absolute Gasteiger partial charge is 0.122 e. The van der Waals surface area contributed by atoms with Crippen LogP contribution >= 0.6 is 0 Å². The van der Waals surface area contributed by atoms with Crippen molar-refractivity contribution < 1.29 is 4.74 Å². The van der Waals surface area contributed by atoms with Crippen molar-refractivity contribution in [3.63, 3.8) is 0 Å². The molecule has 1 N–H and O–H groups in total. The van der Waals surface area contributed by atoms with Gasteiger partial charge in [-0.05, 0) is 62.8 Å². The quantitative estimate of drug-likeness (QED) is 0.878. The maximum absolute atomic E-state index is 5.59. The molecule has 2 nitrogen and oxygen atoms in total. The average Bonchev–Trinajstić information content (AvgIpc) is 2.76. The van der Waals surface area contributed by atoms with E-state index in [2.05, 4.69) is 38.2 Å². The molecule has 0 saturated heterocycles. The van der Waals surface area contributed by atoms with E-state index in [4.69, 9.17) is 4.74 Å². The van der Waals surface area contributed by atoms with E-state index in [0.29, 0.717) is 12.0 Å². The van der Waals surface area contributed by atoms with E-state index in [0.717, 1.165) is 12.3 Å². The molecule has 0 aromatic heterocycles. The van der Waals surface area contributed by atoms with Crippen molar-refractivity contribution in [3.8, 4) is 5.75 Å². The van der Waals surface area contributed by atoms with Crippen LogP contribution in [0.1, 0.15) is 48.8 Å². The Labute approximate surface area is 111 Å². The van der Waals surface area contributed by atoms with Crippen LogP contribution in [0.3, 0.4) is 0 Å². The first-order valence-electron chi connectivity index (χ1n) is 7.04. The highest BCUT2D eigenvalue weighted by Crippen LogP contribution is 2.41. The highest BCUT2D eigenvalue weighted by molar-refractivity contribution is 5.45. The molecule has 18 heavy (non-hydrogen) atoms. The predicted molar refractivity (Wildman–Crippen MR) is 76.5 cm³/mol. The minimum Gasteiger partial charge on any atom is -0.496 e. The second kappa shape index (κ2) is 5.75. The Morgan fingerprint density at radius 2 is 2.06 bits per heavy atom. The fraction of sp³-hybridized carbons (Fsp3) is 0.625. The number of aryl methyl sites for hydroxylation is 2. The van der Waals surface area contributed by atoms with Gasteiger partial charge in [0, 0.05) is 11.6 Å². The molecule has 2 atom stereocenters. The standard InChI is InChI=1S/C16H25NO/c1-5-17-14-7-6-13(10-14)16-12(3)8-11(2)9-15(16)18-4/h8-9,13-14,17H,5-7,10H2,1-4H3. The topological polar surface area (TPSA) is 21.3 Å². The van der Waals surface area contributed by atoms with Crippen molar-refractivity contribution in [1.29, 1.82) is 0 Å². The highest BCUT2D eigenvalue weighted by Gasteiger charge is 2.28. The van der Waals surface area contributed by atoms with Crippen LogP contribution in [-0.4, -0.2) is 19.7 Å². The molecule has 2 rings (SSSR count). The number of ether oxygens (including phenoxy) is 1. The Kier molecular flexibility index (Phi) is 4.28. The van der Waals surface area contributed by atoms with Crippen molar-refractivity contribution >= 4 is 0 Å². The molecular weight excluding hydrogens is 222 g/mol. The summed E-state index contributed by atoms with van der Waals surface area (Å²) in [5, 5.41) is 3.57. The molecule has 1 aliphatic carbocycles. The molecular formula is C16H25NO. The first-order chi connectivity index (χ1) is 8.65. The zero-order chi connectivity index (χ0) is 13.1. The van der Waals surface area contributed by atoms with E-state index in [9.17, 15) is 0 Å². The Balaban J connectivity index is 2.23. The fourth-order valence-corrected chi connectivity index (χ4v) is 3.35. The number of benzene rings is 1. The van der Waals surface area contributed by atoms with Crippen LogP contribution in [0.5, 0.6) is 5.75 Å². The number of hydrogen-bond acceptors (Lipinski definition) is 2. The largest absolute Gasteiger partial charge is 0.496 e. The van der Waals surface area contributed by atoms with E-state index >= 15 is 0 Å². The van der Waals surface area contributed by atoms with Gasteiger partial charge in [-0.25, -0.2) is 0 Å². The molecule has 0 radical (unpaired) electrons. The Hall–Kier alpha value is -1.02. The van der Waals surface area contributed by atoms with Gasteiger partial charge in [-0.1, -0.05) is 13.0 Å². The summed E-state index contributed by atoms with van der Waals surface area (Å²) in [7, 11) is 1.79. The minimum absolute atomic E-state index is 0.657. The highest BCUT2D eigenvalue weighted by atomic mass is 16.5. The third-order valence-corrected chi connectivity index (χ3v) is 4.05. The molecule has 0 spiro atoms. The van der Waals surface area contributed by atoms with Crippen LogP contribution in [-0.2, 0) is 0 Å². The molecule has 2 heteroatoms. The lowest BCUT2D eigenvalue weighted by molar-refractivity contribution is 0.404. The van der Waals surface area contributed by atoms with Gasteiger partial charge in [0.1, 0.15) is 5.75 Å². The lowest BCUT2D eigenvalue weighted by Gasteiger charge is -2.19. The second-order valence-electron chi connectivity index (χ2n) is 5.46. The Morgan fingerprint density at radius 1 is 1.28 bits per heavy atom. The summed E-state index contributed by atoms with van der Waals surface area (Å²) in [4.78, 5) is 0. The summed E-state index contributed by atoms with van der Waals surface area (Å²) in [5.74, 6) is 1.74. The van der Waals surface area contributed by atoms with Gasteiger partial charge in [0.15, 0.2) is 0 Å². The third-order valence-electron chi connectivity index (χ3n) is 4.05. The first kappa shape index (κ1) is 13.4. The number of hydrogen-bond donors (Lipinski definition) is 1. The normalized spacial score (nSPS) is 23.3. The molecule has 1 aromatic carbocycles. The van der Waals surface area contributed by atoms with Gasteiger partial charge < -0.3 is 10.1 Å². The van der Waals surface area contributed by atoms with Crippen molar-refractivity contribution in [2.24, 2.45) is 0 Å². The molecule has 0 heterocycles. The van der Waals surface area contributed by atoms with E-state index in [1.54, 1.807) is 7.11 Å². The van der Waals surface area contributed by atoms with Crippen LogP contribution in [0, 0.1) is 13.8 Å². The van der Waals surface area contributed by atoms with Gasteiger partial charge in [-0.2, -0.15) is 0 Å². The van der Waals surface area contributed by atoms with Crippen LogP contribution in [0.25, 0.3) is 0 Å². The molecule has 1 saturated carbocycles. The van der Waals surface area contributed by atoms with E-state index in [-0.39, 0.29) is 0 Å². The van der Waals surface area contributed by atoms with Crippen molar-refractivity contribution in [2.75, 3.05) is 13.7 Å². The molecule has 1 fully saturated rings. The van der Waals surface area contributed by atoms with E-state index in [1.807, 2.05) is 0 Å². The molecule has 0 bridgehead atoms. The molecule has 0 amide bonds. The lowest BCUT2D eigenvalue weighted by Crippen LogP contribution is -2.25. The van der Waals surface area contributed by atoms with Crippen LogP contribution in [0.2, 0.25) is 0 Å². The second-order valence-corrected chi connectivity index (χ2v) is 5.46. The maximum atomic E-state index is 5.59. The summed E-state index contributed by atoms with van der Waals surface area (Å²) >= 11 is 0. The van der Waals surface area contributed by atoms with Crippen LogP contribution < -0.4 is 10.1 Å². The van der Waals surface area contributed by atoms with E-state index < -0.39 is 0 Å². The summed E-state index contributed by atoms with van der Waals surface area (Å²) in [5.41, 5.74) is 4.10. The Morgan fingerprint density at radius 3 is 2.72 bits per heavy atom. The summed E-state index contributed by atoms with van der Waals surface area (Å²) in [6.07, 6.45) is 3.81. The molecule has 1 aliphatic rings. The average molecular weight is 247 g/mol. The first-order valence-corrected chi connectivity index (χ1v) is 7.04. The predicted octanol–water partition coefficient (Wildman–Crippen LogP) is 3.56. The molecule has 0 aliphatic heterocycles. The monoisotopic (exact) mass is 247 g/mol. The zero-order valence-electron chi connectivity index (χ0n) is 12.0. The van der Waals surface area contributed by atoms with Gasteiger partial charge in [0.05, 0.1) is 7.11 Å². The van der Waals surface area contributed by atoms with Gasteiger partial charge in [-0.3, -0.25) is 0 Å². The SMILES string of the molecule is CCNC1CCC(c2c(C)cc(C)cc2OC)C1. The molecule has 100 valence electrons. The lowest BCUT2D eigenvalue weighted by atomic mass is 9.91. The van der Waals surface area contributed by atoms with Crippen molar-refractivity contribution in [2.45, 2.75) is 52.0 Å². The zero-order valence-corrected chi connectivity index (χ0v) is 12.0. The number of rotatable bonds is 4. The minimum atomic E-state index is 0.657. The van der Waals surface area contributed by atoms with Crippen LogP contribution in [0.15, 0.2) is 12.1 Å².